The zero-order valence-electron chi connectivity index (χ0n) is 12.3. The molecule has 0 atom stereocenters. The predicted molar refractivity (Wildman–Crippen MR) is 80.2 cm³/mol. The summed E-state index contributed by atoms with van der Waals surface area (Å²) < 4.78 is 0. The van der Waals surface area contributed by atoms with Crippen molar-refractivity contribution < 1.29 is 9.72 Å². The second kappa shape index (κ2) is 6.53. The summed E-state index contributed by atoms with van der Waals surface area (Å²) >= 11 is 0. The second-order valence-electron chi connectivity index (χ2n) is 5.16. The molecule has 114 valence electrons. The van der Waals surface area contributed by atoms with Crippen molar-refractivity contribution in [2.75, 3.05) is 38.5 Å². The molecule has 1 fully saturated rings. The van der Waals surface area contributed by atoms with Gasteiger partial charge in [-0.2, -0.15) is 0 Å². The molecule has 2 rings (SSSR count). The monoisotopic (exact) mass is 292 g/mol. The van der Waals surface area contributed by atoms with Crippen molar-refractivity contribution in [1.29, 1.82) is 0 Å². The van der Waals surface area contributed by atoms with Crippen LogP contribution in [0.3, 0.4) is 0 Å². The first-order valence-electron chi connectivity index (χ1n) is 6.98. The van der Waals surface area contributed by atoms with E-state index in [4.69, 9.17) is 0 Å². The third kappa shape index (κ3) is 3.69. The molecule has 1 amide bonds. The van der Waals surface area contributed by atoms with E-state index in [1.54, 1.807) is 24.1 Å². The van der Waals surface area contributed by atoms with Crippen molar-refractivity contribution in [3.05, 3.63) is 33.9 Å². The van der Waals surface area contributed by atoms with E-state index in [9.17, 15) is 14.9 Å². The first-order chi connectivity index (χ1) is 10.0. The topological polar surface area (TPSA) is 78.7 Å². The Morgan fingerprint density at radius 3 is 2.76 bits per heavy atom. The number of piperazine rings is 1. The molecule has 21 heavy (non-hydrogen) atoms. The number of nitro groups is 1. The molecule has 0 aromatic heterocycles. The maximum absolute atomic E-state index is 11.7. The summed E-state index contributed by atoms with van der Waals surface area (Å²) in [5.41, 5.74) is 1.57. The molecule has 1 aromatic carbocycles. The van der Waals surface area contributed by atoms with Crippen LogP contribution in [0.1, 0.15) is 12.5 Å². The van der Waals surface area contributed by atoms with Crippen molar-refractivity contribution >= 4 is 17.3 Å². The van der Waals surface area contributed by atoms with Crippen molar-refractivity contribution in [3.63, 3.8) is 0 Å². The van der Waals surface area contributed by atoms with Crippen LogP contribution in [-0.4, -0.2) is 53.9 Å². The molecule has 1 N–H and O–H groups in total. The molecule has 0 saturated carbocycles. The summed E-state index contributed by atoms with van der Waals surface area (Å²) in [5.74, 6) is 0.107. The molecule has 0 radical (unpaired) electrons. The van der Waals surface area contributed by atoms with Crippen LogP contribution in [0.4, 0.5) is 11.4 Å². The summed E-state index contributed by atoms with van der Waals surface area (Å²) in [6.45, 7) is 5.06. The Bertz CT molecular complexity index is 547. The van der Waals surface area contributed by atoms with E-state index in [2.05, 4.69) is 10.2 Å². The number of nitro benzene ring substituents is 1. The highest BCUT2D eigenvalue weighted by atomic mass is 16.6. The van der Waals surface area contributed by atoms with E-state index in [-0.39, 0.29) is 16.5 Å². The van der Waals surface area contributed by atoms with Gasteiger partial charge in [-0.15, -0.1) is 0 Å². The van der Waals surface area contributed by atoms with E-state index in [1.165, 1.54) is 6.07 Å². The molecule has 0 unspecified atom stereocenters. The van der Waals surface area contributed by atoms with Crippen LogP contribution in [0.15, 0.2) is 18.2 Å². The molecule has 0 bridgehead atoms. The molecule has 0 aliphatic carbocycles. The van der Waals surface area contributed by atoms with Crippen LogP contribution < -0.4 is 5.32 Å². The molecule has 1 saturated heterocycles. The SMILES string of the molecule is CCNc1cc(CN2CCN(C)C(=O)C2)ccc1[N+](=O)[O-]. The Labute approximate surface area is 123 Å². The normalized spacial score (nSPS) is 16.1. The average Bonchev–Trinajstić information content (AvgIpc) is 2.43. The van der Waals surface area contributed by atoms with E-state index in [0.717, 1.165) is 12.1 Å². The van der Waals surface area contributed by atoms with E-state index in [0.29, 0.717) is 31.9 Å². The molecule has 1 aliphatic rings. The van der Waals surface area contributed by atoms with Gasteiger partial charge in [-0.1, -0.05) is 6.07 Å². The maximum Gasteiger partial charge on any atom is 0.292 e. The number of benzene rings is 1. The summed E-state index contributed by atoms with van der Waals surface area (Å²) in [4.78, 5) is 26.1. The maximum atomic E-state index is 11.7. The first kappa shape index (κ1) is 15.2. The third-order valence-electron chi connectivity index (χ3n) is 3.57. The number of nitrogens with zero attached hydrogens (tertiary/aromatic N) is 3. The van der Waals surface area contributed by atoms with Gasteiger partial charge in [0.05, 0.1) is 11.5 Å². The molecular weight excluding hydrogens is 272 g/mol. The lowest BCUT2D eigenvalue weighted by Gasteiger charge is -2.31. The Balaban J connectivity index is 2.12. The lowest BCUT2D eigenvalue weighted by molar-refractivity contribution is -0.384. The summed E-state index contributed by atoms with van der Waals surface area (Å²) in [7, 11) is 1.80. The van der Waals surface area contributed by atoms with Crippen LogP contribution in [0.5, 0.6) is 0 Å². The Hall–Kier alpha value is -2.15. The lowest BCUT2D eigenvalue weighted by atomic mass is 10.1. The molecule has 1 aliphatic heterocycles. The number of likely N-dealkylation sites (N-methyl/N-ethyl adjacent to an activating group) is 1. The summed E-state index contributed by atoms with van der Waals surface area (Å²) in [6, 6.07) is 5.07. The zero-order chi connectivity index (χ0) is 15.4. The van der Waals surface area contributed by atoms with Gasteiger partial charge in [0, 0.05) is 39.3 Å². The highest BCUT2D eigenvalue weighted by Gasteiger charge is 2.21. The van der Waals surface area contributed by atoms with Crippen LogP contribution in [0.25, 0.3) is 0 Å². The van der Waals surface area contributed by atoms with Crippen molar-refractivity contribution in [2.45, 2.75) is 13.5 Å². The smallest absolute Gasteiger partial charge is 0.292 e. The molecule has 7 heteroatoms. The minimum absolute atomic E-state index is 0.0788. The molecular formula is C14H20N4O3. The highest BCUT2D eigenvalue weighted by molar-refractivity contribution is 5.78. The summed E-state index contributed by atoms with van der Waals surface area (Å²) in [6.07, 6.45) is 0. The summed E-state index contributed by atoms with van der Waals surface area (Å²) in [5, 5.41) is 14.0. The number of hydrogen-bond acceptors (Lipinski definition) is 5. The van der Waals surface area contributed by atoms with Crippen molar-refractivity contribution in [1.82, 2.24) is 9.80 Å². The highest BCUT2D eigenvalue weighted by Crippen LogP contribution is 2.26. The van der Waals surface area contributed by atoms with Crippen molar-refractivity contribution in [3.8, 4) is 0 Å². The number of nitrogens with one attached hydrogen (secondary N) is 1. The number of hydrogen-bond donors (Lipinski definition) is 1. The van der Waals surface area contributed by atoms with Gasteiger partial charge in [-0.25, -0.2) is 0 Å². The minimum atomic E-state index is -0.388. The fourth-order valence-corrected chi connectivity index (χ4v) is 2.37. The van der Waals surface area contributed by atoms with E-state index >= 15 is 0 Å². The predicted octanol–water partition coefficient (Wildman–Crippen LogP) is 1.30. The van der Waals surface area contributed by atoms with Crippen LogP contribution in [-0.2, 0) is 11.3 Å². The fraction of sp³-hybridized carbons (Fsp3) is 0.500. The Kier molecular flexibility index (Phi) is 4.74. The van der Waals surface area contributed by atoms with Gasteiger partial charge < -0.3 is 10.2 Å². The van der Waals surface area contributed by atoms with Crippen molar-refractivity contribution in [2.24, 2.45) is 0 Å². The number of anilines is 1. The number of carbonyl (C=O) groups is 1. The second-order valence-corrected chi connectivity index (χ2v) is 5.16. The quantitative estimate of drug-likeness (QED) is 0.653. The van der Waals surface area contributed by atoms with Gasteiger partial charge >= 0.3 is 0 Å². The third-order valence-corrected chi connectivity index (χ3v) is 3.57. The van der Waals surface area contributed by atoms with Gasteiger partial charge in [0.15, 0.2) is 0 Å². The van der Waals surface area contributed by atoms with Gasteiger partial charge in [-0.3, -0.25) is 19.8 Å². The van der Waals surface area contributed by atoms with E-state index in [1.807, 2.05) is 6.92 Å². The van der Waals surface area contributed by atoms with Crippen LogP contribution >= 0.6 is 0 Å². The number of amides is 1. The van der Waals surface area contributed by atoms with Crippen LogP contribution in [0.2, 0.25) is 0 Å². The first-order valence-corrected chi connectivity index (χ1v) is 6.98. The van der Waals surface area contributed by atoms with Gasteiger partial charge in [0.2, 0.25) is 5.91 Å². The molecule has 1 heterocycles. The van der Waals surface area contributed by atoms with Gasteiger partial charge in [-0.05, 0) is 18.6 Å². The number of rotatable bonds is 5. The van der Waals surface area contributed by atoms with Gasteiger partial charge in [0.25, 0.3) is 5.69 Å². The van der Waals surface area contributed by atoms with E-state index < -0.39 is 0 Å². The molecule has 0 spiro atoms. The standard InChI is InChI=1S/C14H20N4O3/c1-3-15-12-8-11(4-5-13(12)18(20)21)9-17-7-6-16(2)14(19)10-17/h4-5,8,15H,3,6-7,9-10H2,1-2H3. The number of carbonyl (C=O) groups excluding carboxylic acids is 1. The zero-order valence-corrected chi connectivity index (χ0v) is 12.3. The Morgan fingerprint density at radius 1 is 1.38 bits per heavy atom. The lowest BCUT2D eigenvalue weighted by Crippen LogP contribution is -2.47. The fourth-order valence-electron chi connectivity index (χ4n) is 2.37. The average molecular weight is 292 g/mol. The molecule has 7 nitrogen and oxygen atoms in total. The Morgan fingerprint density at radius 2 is 2.14 bits per heavy atom. The largest absolute Gasteiger partial charge is 0.380 e. The minimum Gasteiger partial charge on any atom is -0.380 e. The van der Waals surface area contributed by atoms with Crippen LogP contribution in [0, 0.1) is 10.1 Å². The molecule has 1 aromatic rings. The van der Waals surface area contributed by atoms with Gasteiger partial charge in [0.1, 0.15) is 5.69 Å².